The maximum atomic E-state index is 11.3. The van der Waals surface area contributed by atoms with Crippen molar-refractivity contribution in [3.63, 3.8) is 0 Å². The number of aromatic carboxylic acids is 1. The quantitative estimate of drug-likeness (QED) is 0.744. The number of hydrogen-bond acceptors (Lipinski definition) is 4. The van der Waals surface area contributed by atoms with Crippen LogP contribution in [0.4, 0.5) is 0 Å². The first-order valence-corrected chi connectivity index (χ1v) is 4.24. The molecule has 0 radical (unpaired) electrons. The third-order valence-corrected chi connectivity index (χ3v) is 2.23. The molecule has 0 aliphatic heterocycles. The number of carbonyl (C=O) groups is 1. The highest BCUT2D eigenvalue weighted by atomic mass is 35.5. The van der Waals surface area contributed by atoms with Gasteiger partial charge < -0.3 is 10.1 Å². The van der Waals surface area contributed by atoms with Gasteiger partial charge in [0, 0.05) is 6.20 Å². The van der Waals surface area contributed by atoms with E-state index in [0.717, 1.165) is 0 Å². The molecule has 0 fully saturated rings. The summed E-state index contributed by atoms with van der Waals surface area (Å²) in [7, 11) is 0. The number of pyridine rings is 1. The normalized spacial score (nSPS) is 10.5. The molecule has 0 amide bonds. The maximum Gasteiger partial charge on any atom is 0.342 e. The molecule has 15 heavy (non-hydrogen) atoms. The van der Waals surface area contributed by atoms with Crippen molar-refractivity contribution in [3.05, 3.63) is 33.5 Å². The molecule has 7 heteroatoms. The molecule has 2 heterocycles. The number of fused-ring (bicyclic) bond motifs is 1. The topological polar surface area (TPSA) is 95.9 Å². The number of rotatable bonds is 1. The van der Waals surface area contributed by atoms with Gasteiger partial charge in [0.05, 0.1) is 10.4 Å². The van der Waals surface area contributed by atoms with Crippen molar-refractivity contribution < 1.29 is 9.90 Å². The molecule has 6 nitrogen and oxygen atoms in total. The van der Waals surface area contributed by atoms with Gasteiger partial charge in [-0.05, 0) is 0 Å². The molecule has 0 saturated carbocycles. The lowest BCUT2D eigenvalue weighted by Crippen LogP contribution is -2.18. The second kappa shape index (κ2) is 3.32. The number of carboxylic acids is 1. The molecule has 76 valence electrons. The summed E-state index contributed by atoms with van der Waals surface area (Å²) in [4.78, 5) is 31.8. The van der Waals surface area contributed by atoms with Crippen LogP contribution in [0.3, 0.4) is 0 Å². The van der Waals surface area contributed by atoms with Crippen molar-refractivity contribution in [1.29, 1.82) is 0 Å². The summed E-state index contributed by atoms with van der Waals surface area (Å²) < 4.78 is 0. The van der Waals surface area contributed by atoms with Crippen LogP contribution in [0.1, 0.15) is 10.4 Å². The Balaban J connectivity index is 2.97. The second-order valence-electron chi connectivity index (χ2n) is 2.73. The third-order valence-electron chi connectivity index (χ3n) is 1.84. The molecule has 0 unspecified atom stereocenters. The third kappa shape index (κ3) is 1.44. The smallest absolute Gasteiger partial charge is 0.342 e. The summed E-state index contributed by atoms with van der Waals surface area (Å²) in [6.45, 7) is 0. The molecule has 0 bridgehead atoms. The van der Waals surface area contributed by atoms with Crippen LogP contribution in [0.2, 0.25) is 5.02 Å². The van der Waals surface area contributed by atoms with Gasteiger partial charge in [-0.1, -0.05) is 11.6 Å². The van der Waals surface area contributed by atoms with E-state index in [9.17, 15) is 9.59 Å². The van der Waals surface area contributed by atoms with Crippen LogP contribution >= 0.6 is 11.6 Å². The number of nitrogens with zero attached hydrogens (tertiary/aromatic N) is 2. The highest BCUT2D eigenvalue weighted by Crippen LogP contribution is 2.20. The Bertz CT molecular complexity index is 608. The fraction of sp³-hybridized carbons (Fsp3) is 0. The largest absolute Gasteiger partial charge is 0.477 e. The molecule has 0 atom stereocenters. The molecule has 0 aliphatic carbocycles. The van der Waals surface area contributed by atoms with Gasteiger partial charge in [-0.3, -0.25) is 4.79 Å². The molecule has 0 saturated heterocycles. The highest BCUT2D eigenvalue weighted by Gasteiger charge is 2.17. The van der Waals surface area contributed by atoms with E-state index in [-0.39, 0.29) is 10.7 Å². The molecule has 2 N–H and O–H groups in total. The van der Waals surface area contributed by atoms with Gasteiger partial charge in [0.2, 0.25) is 0 Å². The number of H-pyrrole nitrogens is 1. The van der Waals surface area contributed by atoms with Crippen LogP contribution in [0.25, 0.3) is 11.0 Å². The van der Waals surface area contributed by atoms with Crippen molar-refractivity contribution in [3.8, 4) is 0 Å². The summed E-state index contributed by atoms with van der Waals surface area (Å²) in [6, 6.07) is 0. The van der Waals surface area contributed by atoms with E-state index in [2.05, 4.69) is 15.0 Å². The van der Waals surface area contributed by atoms with Gasteiger partial charge in [0.25, 0.3) is 5.56 Å². The second-order valence-corrected chi connectivity index (χ2v) is 3.11. The first kappa shape index (κ1) is 9.60. The van der Waals surface area contributed by atoms with Crippen LogP contribution in [0.15, 0.2) is 17.3 Å². The zero-order valence-corrected chi connectivity index (χ0v) is 7.95. The molecular weight excluding hydrogens is 222 g/mol. The van der Waals surface area contributed by atoms with Crippen LogP contribution in [-0.4, -0.2) is 26.0 Å². The lowest BCUT2D eigenvalue weighted by Gasteiger charge is -2.01. The van der Waals surface area contributed by atoms with Crippen LogP contribution in [-0.2, 0) is 0 Å². The van der Waals surface area contributed by atoms with E-state index in [1.807, 2.05) is 0 Å². The first-order chi connectivity index (χ1) is 7.11. The van der Waals surface area contributed by atoms with Gasteiger partial charge in [-0.2, -0.15) is 0 Å². The number of aromatic nitrogens is 3. The molecule has 0 aromatic carbocycles. The van der Waals surface area contributed by atoms with Crippen molar-refractivity contribution >= 4 is 28.6 Å². The lowest BCUT2D eigenvalue weighted by atomic mass is 10.2. The summed E-state index contributed by atoms with van der Waals surface area (Å²) >= 11 is 5.76. The van der Waals surface area contributed by atoms with Crippen LogP contribution in [0.5, 0.6) is 0 Å². The average Bonchev–Trinajstić information content (AvgIpc) is 2.17. The first-order valence-electron chi connectivity index (χ1n) is 3.86. The summed E-state index contributed by atoms with van der Waals surface area (Å²) in [5.41, 5.74) is -1.07. The Hall–Kier alpha value is -1.95. The number of hydrogen-bond donors (Lipinski definition) is 2. The molecule has 0 aliphatic rings. The van der Waals surface area contributed by atoms with Gasteiger partial charge >= 0.3 is 5.97 Å². The van der Waals surface area contributed by atoms with E-state index in [1.54, 1.807) is 0 Å². The predicted octanol–water partition coefficient (Wildman–Crippen LogP) is 0.670. The molecule has 2 aromatic rings. The van der Waals surface area contributed by atoms with Gasteiger partial charge in [-0.25, -0.2) is 14.8 Å². The van der Waals surface area contributed by atoms with E-state index in [0.29, 0.717) is 5.39 Å². The minimum Gasteiger partial charge on any atom is -0.477 e. The minimum atomic E-state index is -1.38. The fourth-order valence-corrected chi connectivity index (χ4v) is 1.49. The lowest BCUT2D eigenvalue weighted by molar-refractivity contribution is 0.0695. The summed E-state index contributed by atoms with van der Waals surface area (Å²) in [6.07, 6.45) is 2.57. The molecular formula is C8H4ClN3O3. The summed E-state index contributed by atoms with van der Waals surface area (Å²) in [5.74, 6) is -1.38. The van der Waals surface area contributed by atoms with Crippen molar-refractivity contribution in [1.82, 2.24) is 15.0 Å². The Morgan fingerprint density at radius 2 is 2.27 bits per heavy atom. The van der Waals surface area contributed by atoms with Gasteiger partial charge in [0.1, 0.15) is 17.5 Å². The highest BCUT2D eigenvalue weighted by molar-refractivity contribution is 6.37. The van der Waals surface area contributed by atoms with Gasteiger partial charge in [0.15, 0.2) is 0 Å². The van der Waals surface area contributed by atoms with Gasteiger partial charge in [-0.15, -0.1) is 0 Å². The Morgan fingerprint density at radius 3 is 2.93 bits per heavy atom. The zero-order chi connectivity index (χ0) is 11.0. The molecule has 2 rings (SSSR count). The van der Waals surface area contributed by atoms with E-state index in [4.69, 9.17) is 16.7 Å². The Morgan fingerprint density at radius 1 is 1.53 bits per heavy atom. The fourth-order valence-electron chi connectivity index (χ4n) is 1.19. The zero-order valence-electron chi connectivity index (χ0n) is 7.19. The standard InChI is InChI=1S/C8H4ClN3O3/c9-5-3-1-10-2-11-6(3)12-7(13)4(5)8(14)15/h1-2H,(H,14,15)(H,10,11,12,13). The number of nitrogens with one attached hydrogen (secondary N) is 1. The summed E-state index contributed by atoms with van der Waals surface area (Å²) in [5, 5.41) is 8.91. The SMILES string of the molecule is O=C(O)c1c(Cl)c2cncnc2[nH]c1=O. The van der Waals surface area contributed by atoms with E-state index < -0.39 is 17.1 Å². The minimum absolute atomic E-state index is 0.151. The van der Waals surface area contributed by atoms with Crippen LogP contribution in [0, 0.1) is 0 Å². The number of halogens is 1. The van der Waals surface area contributed by atoms with E-state index in [1.165, 1.54) is 12.5 Å². The number of carboxylic acid groups (broad SMARTS) is 1. The molecule has 2 aromatic heterocycles. The maximum absolute atomic E-state index is 11.3. The van der Waals surface area contributed by atoms with Crippen molar-refractivity contribution in [2.24, 2.45) is 0 Å². The van der Waals surface area contributed by atoms with Crippen molar-refractivity contribution in [2.45, 2.75) is 0 Å². The van der Waals surface area contributed by atoms with Crippen molar-refractivity contribution in [2.75, 3.05) is 0 Å². The number of aromatic amines is 1. The predicted molar refractivity (Wildman–Crippen MR) is 52.1 cm³/mol. The monoisotopic (exact) mass is 225 g/mol. The molecule has 0 spiro atoms. The average molecular weight is 226 g/mol. The van der Waals surface area contributed by atoms with Crippen LogP contribution < -0.4 is 5.56 Å². The van der Waals surface area contributed by atoms with E-state index >= 15 is 0 Å². The Kier molecular flexibility index (Phi) is 2.12. The Labute approximate surface area is 87.6 Å².